The Morgan fingerprint density at radius 3 is 2.12 bits per heavy atom. The SMILES string of the molecule is CCCCCCCC(=O)c1cn(-c2ccc(C(=O)c3ccccc3)cc2)c2ccccc12. The molecule has 0 fully saturated rings. The zero-order valence-corrected chi connectivity index (χ0v) is 18.6. The van der Waals surface area contributed by atoms with Crippen LogP contribution in [0.5, 0.6) is 0 Å². The van der Waals surface area contributed by atoms with Gasteiger partial charge in [0.1, 0.15) is 0 Å². The third-order valence-corrected chi connectivity index (χ3v) is 5.96. The number of carbonyl (C=O) groups is 2. The van der Waals surface area contributed by atoms with E-state index in [0.717, 1.165) is 35.0 Å². The van der Waals surface area contributed by atoms with Crippen LogP contribution in [-0.4, -0.2) is 16.1 Å². The first kappa shape index (κ1) is 21.8. The molecule has 3 nitrogen and oxygen atoms in total. The minimum atomic E-state index is 0.00783. The van der Waals surface area contributed by atoms with Gasteiger partial charge in [0, 0.05) is 40.4 Å². The molecule has 0 aliphatic carbocycles. The average molecular weight is 424 g/mol. The Morgan fingerprint density at radius 1 is 0.719 bits per heavy atom. The molecule has 0 radical (unpaired) electrons. The summed E-state index contributed by atoms with van der Waals surface area (Å²) in [7, 11) is 0. The predicted molar refractivity (Wildman–Crippen MR) is 131 cm³/mol. The molecule has 162 valence electrons. The van der Waals surface area contributed by atoms with E-state index in [1.165, 1.54) is 19.3 Å². The third kappa shape index (κ3) is 4.72. The molecule has 4 aromatic rings. The molecule has 0 saturated carbocycles. The van der Waals surface area contributed by atoms with Gasteiger partial charge in [-0.25, -0.2) is 0 Å². The van der Waals surface area contributed by atoms with Crippen LogP contribution in [0.2, 0.25) is 0 Å². The lowest BCUT2D eigenvalue weighted by molar-refractivity contribution is 0.0979. The Balaban J connectivity index is 1.58. The molecule has 0 aliphatic rings. The van der Waals surface area contributed by atoms with Gasteiger partial charge in [-0.3, -0.25) is 9.59 Å². The second-order valence-electron chi connectivity index (χ2n) is 8.26. The topological polar surface area (TPSA) is 39.1 Å². The number of nitrogens with zero attached hydrogens (tertiary/aromatic N) is 1. The van der Waals surface area contributed by atoms with Crippen molar-refractivity contribution in [3.8, 4) is 5.69 Å². The van der Waals surface area contributed by atoms with E-state index in [4.69, 9.17) is 0 Å². The highest BCUT2D eigenvalue weighted by molar-refractivity contribution is 6.09. The summed E-state index contributed by atoms with van der Waals surface area (Å²) in [5, 5.41) is 0.982. The summed E-state index contributed by atoms with van der Waals surface area (Å²) in [5.74, 6) is 0.209. The van der Waals surface area contributed by atoms with Crippen molar-refractivity contribution < 1.29 is 9.59 Å². The second kappa shape index (κ2) is 10.2. The zero-order chi connectivity index (χ0) is 22.3. The zero-order valence-electron chi connectivity index (χ0n) is 18.6. The van der Waals surface area contributed by atoms with Gasteiger partial charge in [0.25, 0.3) is 0 Å². The number of rotatable bonds is 10. The number of carbonyl (C=O) groups excluding carboxylic acids is 2. The standard InChI is InChI=1S/C29H29NO2/c1-2-3-4-5-9-16-28(31)26-21-30(27-15-11-10-14-25(26)27)24-19-17-23(18-20-24)29(32)22-12-7-6-8-13-22/h6-8,10-15,17-21H,2-5,9,16H2,1H3. The molecule has 0 unspecified atom stereocenters. The van der Waals surface area contributed by atoms with Crippen LogP contribution in [0.25, 0.3) is 16.6 Å². The second-order valence-corrected chi connectivity index (χ2v) is 8.26. The van der Waals surface area contributed by atoms with Crippen LogP contribution in [0.3, 0.4) is 0 Å². The third-order valence-electron chi connectivity index (χ3n) is 5.96. The molecule has 0 saturated heterocycles. The lowest BCUT2D eigenvalue weighted by atomic mass is 10.0. The van der Waals surface area contributed by atoms with Crippen molar-refractivity contribution in [1.82, 2.24) is 4.57 Å². The smallest absolute Gasteiger partial charge is 0.193 e. The van der Waals surface area contributed by atoms with Gasteiger partial charge in [-0.1, -0.05) is 81.1 Å². The minimum absolute atomic E-state index is 0.00783. The number of hydrogen-bond acceptors (Lipinski definition) is 2. The Labute approximate surface area is 189 Å². The average Bonchev–Trinajstić information content (AvgIpc) is 3.24. The molecule has 0 amide bonds. The molecule has 1 heterocycles. The normalized spacial score (nSPS) is 11.0. The van der Waals surface area contributed by atoms with Crippen LogP contribution in [-0.2, 0) is 0 Å². The number of benzene rings is 3. The quantitative estimate of drug-likeness (QED) is 0.197. The number of unbranched alkanes of at least 4 members (excludes halogenated alkanes) is 4. The molecule has 0 atom stereocenters. The van der Waals surface area contributed by atoms with E-state index in [1.54, 1.807) is 0 Å². The van der Waals surface area contributed by atoms with Crippen LogP contribution in [0, 0.1) is 0 Å². The number of aromatic nitrogens is 1. The summed E-state index contributed by atoms with van der Waals surface area (Å²) in [6.07, 6.45) is 8.21. The predicted octanol–water partition coefficient (Wildman–Crippen LogP) is 7.40. The van der Waals surface area contributed by atoms with E-state index >= 15 is 0 Å². The molecule has 3 aromatic carbocycles. The monoisotopic (exact) mass is 423 g/mol. The molecule has 0 N–H and O–H groups in total. The van der Waals surface area contributed by atoms with Crippen LogP contribution in [0.1, 0.15) is 71.7 Å². The molecule has 4 rings (SSSR count). The molecule has 1 aromatic heterocycles. The largest absolute Gasteiger partial charge is 0.316 e. The van der Waals surface area contributed by atoms with Crippen LogP contribution >= 0.6 is 0 Å². The Morgan fingerprint density at radius 2 is 1.38 bits per heavy atom. The molecule has 3 heteroatoms. The highest BCUT2D eigenvalue weighted by Gasteiger charge is 2.16. The Hall–Kier alpha value is -3.46. The van der Waals surface area contributed by atoms with E-state index < -0.39 is 0 Å². The van der Waals surface area contributed by atoms with Gasteiger partial charge in [-0.15, -0.1) is 0 Å². The summed E-state index contributed by atoms with van der Waals surface area (Å²) in [5.41, 5.74) is 4.05. The first-order valence-electron chi connectivity index (χ1n) is 11.5. The van der Waals surface area contributed by atoms with Crippen LogP contribution in [0.4, 0.5) is 0 Å². The summed E-state index contributed by atoms with van der Waals surface area (Å²) < 4.78 is 2.05. The van der Waals surface area contributed by atoms with Gasteiger partial charge in [-0.05, 0) is 36.8 Å². The number of Topliss-reactive ketones (excluding diaryl/α,β-unsaturated/α-hetero) is 1. The molecule has 0 bridgehead atoms. The van der Waals surface area contributed by atoms with Crippen molar-refractivity contribution >= 4 is 22.5 Å². The number of ketones is 2. The fraction of sp³-hybridized carbons (Fsp3) is 0.241. The molecule has 0 spiro atoms. The minimum Gasteiger partial charge on any atom is -0.316 e. The maximum absolute atomic E-state index is 13.0. The van der Waals surface area contributed by atoms with E-state index in [-0.39, 0.29) is 11.6 Å². The highest BCUT2D eigenvalue weighted by Crippen LogP contribution is 2.27. The van der Waals surface area contributed by atoms with Gasteiger partial charge < -0.3 is 4.57 Å². The molecular weight excluding hydrogens is 394 g/mol. The summed E-state index contributed by atoms with van der Waals surface area (Å²) in [4.78, 5) is 25.7. The number of para-hydroxylation sites is 1. The van der Waals surface area contributed by atoms with Crippen molar-refractivity contribution in [2.45, 2.75) is 45.4 Å². The number of fused-ring (bicyclic) bond motifs is 1. The van der Waals surface area contributed by atoms with Gasteiger partial charge >= 0.3 is 0 Å². The fourth-order valence-corrected chi connectivity index (χ4v) is 4.17. The van der Waals surface area contributed by atoms with E-state index in [0.29, 0.717) is 17.5 Å². The maximum Gasteiger partial charge on any atom is 0.193 e. The van der Waals surface area contributed by atoms with Crippen molar-refractivity contribution in [2.75, 3.05) is 0 Å². The lowest BCUT2D eigenvalue weighted by Gasteiger charge is -2.07. The molecule has 32 heavy (non-hydrogen) atoms. The highest BCUT2D eigenvalue weighted by atomic mass is 16.1. The van der Waals surface area contributed by atoms with Crippen molar-refractivity contribution in [3.63, 3.8) is 0 Å². The van der Waals surface area contributed by atoms with Crippen LogP contribution < -0.4 is 0 Å². The van der Waals surface area contributed by atoms with Gasteiger partial charge in [0.15, 0.2) is 11.6 Å². The van der Waals surface area contributed by atoms with E-state index in [2.05, 4.69) is 11.5 Å². The van der Waals surface area contributed by atoms with Gasteiger partial charge in [0.2, 0.25) is 0 Å². The van der Waals surface area contributed by atoms with E-state index in [1.807, 2.05) is 85.1 Å². The molecule has 0 aliphatic heterocycles. The summed E-state index contributed by atoms with van der Waals surface area (Å²) >= 11 is 0. The summed E-state index contributed by atoms with van der Waals surface area (Å²) in [6.45, 7) is 2.20. The Kier molecular flexibility index (Phi) is 6.96. The number of hydrogen-bond donors (Lipinski definition) is 0. The van der Waals surface area contributed by atoms with Gasteiger partial charge in [-0.2, -0.15) is 0 Å². The van der Waals surface area contributed by atoms with Crippen molar-refractivity contribution in [2.24, 2.45) is 0 Å². The van der Waals surface area contributed by atoms with E-state index in [9.17, 15) is 9.59 Å². The first-order chi connectivity index (χ1) is 15.7. The van der Waals surface area contributed by atoms with Crippen molar-refractivity contribution in [1.29, 1.82) is 0 Å². The molecular formula is C29H29NO2. The fourth-order valence-electron chi connectivity index (χ4n) is 4.17. The first-order valence-corrected chi connectivity index (χ1v) is 11.5. The maximum atomic E-state index is 13.0. The van der Waals surface area contributed by atoms with Crippen LogP contribution in [0.15, 0.2) is 85.1 Å². The van der Waals surface area contributed by atoms with Gasteiger partial charge in [0.05, 0.1) is 5.52 Å². The lowest BCUT2D eigenvalue weighted by Crippen LogP contribution is -2.01. The summed E-state index contributed by atoms with van der Waals surface area (Å²) in [6, 6.07) is 24.9. The van der Waals surface area contributed by atoms with Crippen molar-refractivity contribution in [3.05, 3.63) is 102 Å². The Bertz CT molecular complexity index is 1200.